The molecule has 0 aliphatic heterocycles. The van der Waals surface area contributed by atoms with Crippen LogP contribution in [0, 0.1) is 0 Å². The van der Waals surface area contributed by atoms with E-state index >= 15 is 0 Å². The number of carbonyl (C=O) groups excluding carboxylic acids is 2. The van der Waals surface area contributed by atoms with Crippen LogP contribution in [0.5, 0.6) is 0 Å². The van der Waals surface area contributed by atoms with Crippen LogP contribution in [-0.2, 0) is 17.8 Å². The summed E-state index contributed by atoms with van der Waals surface area (Å²) < 4.78 is 0. The van der Waals surface area contributed by atoms with Gasteiger partial charge in [0.05, 0.1) is 0 Å². The van der Waals surface area contributed by atoms with Gasteiger partial charge in [-0.15, -0.1) is 0 Å². The van der Waals surface area contributed by atoms with Gasteiger partial charge in [-0.3, -0.25) is 20.4 Å². The second kappa shape index (κ2) is 11.8. The maximum Gasteiger partial charge on any atom is 0.261 e. The molecule has 0 saturated heterocycles. The highest BCUT2D eigenvalue weighted by atomic mass is 35.5. The van der Waals surface area contributed by atoms with Gasteiger partial charge < -0.3 is 10.6 Å². The summed E-state index contributed by atoms with van der Waals surface area (Å²) in [5.74, 6) is -0.789. The lowest BCUT2D eigenvalue weighted by Crippen LogP contribution is -2.54. The molecule has 0 aliphatic rings. The van der Waals surface area contributed by atoms with Gasteiger partial charge in [0.15, 0.2) is 5.11 Å². The lowest BCUT2D eigenvalue weighted by Gasteiger charge is -2.20. The molecule has 3 aromatic rings. The maximum atomic E-state index is 12.9. The predicted molar refractivity (Wildman–Crippen MR) is 130 cm³/mol. The molecule has 0 spiro atoms. The third-order valence-corrected chi connectivity index (χ3v) is 5.10. The maximum absolute atomic E-state index is 12.9. The first-order valence-electron chi connectivity index (χ1n) is 9.99. The van der Waals surface area contributed by atoms with E-state index < -0.39 is 11.9 Å². The van der Waals surface area contributed by atoms with Gasteiger partial charge in [-0.2, -0.15) is 0 Å². The highest BCUT2D eigenvalue weighted by molar-refractivity contribution is 7.80. The smallest absolute Gasteiger partial charge is 0.261 e. The molecule has 0 fully saturated rings. The quantitative estimate of drug-likeness (QED) is 0.317. The number of hydrazine groups is 1. The number of thiocarbonyl (C=S) groups is 1. The first-order valence-corrected chi connectivity index (χ1v) is 10.8. The summed E-state index contributed by atoms with van der Waals surface area (Å²) in [5, 5.41) is 6.60. The minimum atomic E-state index is -0.815. The van der Waals surface area contributed by atoms with E-state index in [2.05, 4.69) is 21.5 Å². The Hall–Kier alpha value is -3.42. The van der Waals surface area contributed by atoms with Crippen LogP contribution in [0.1, 0.15) is 21.5 Å². The molecule has 8 heteroatoms. The van der Waals surface area contributed by atoms with Crippen LogP contribution >= 0.6 is 23.8 Å². The molecule has 0 heterocycles. The largest absolute Gasteiger partial charge is 0.357 e. The van der Waals surface area contributed by atoms with Crippen molar-refractivity contribution in [3.63, 3.8) is 0 Å². The van der Waals surface area contributed by atoms with Gasteiger partial charge in [0.1, 0.15) is 6.04 Å². The minimum Gasteiger partial charge on any atom is -0.357 e. The monoisotopic (exact) mass is 466 g/mol. The zero-order valence-corrected chi connectivity index (χ0v) is 18.7. The molecule has 6 nitrogen and oxygen atoms in total. The van der Waals surface area contributed by atoms with Crippen LogP contribution in [0.3, 0.4) is 0 Å². The number of halogens is 1. The summed E-state index contributed by atoms with van der Waals surface area (Å²) in [6, 6.07) is 24.8. The molecule has 0 aliphatic carbocycles. The van der Waals surface area contributed by atoms with E-state index in [1.54, 1.807) is 24.3 Å². The van der Waals surface area contributed by atoms with Gasteiger partial charge in [0.2, 0.25) is 0 Å². The van der Waals surface area contributed by atoms with Gasteiger partial charge >= 0.3 is 0 Å². The number of carbonyl (C=O) groups is 2. The standard InChI is InChI=1S/C24H23ClN4O2S/c25-20-13-11-19(12-14-20)22(30)27-21(15-17-7-3-1-4-8-17)23(31)28-29-24(32)26-16-18-9-5-2-6-10-18/h1-14,21H,15-16H2,(H,27,30)(H,28,31)(H2,26,29,32). The lowest BCUT2D eigenvalue weighted by molar-refractivity contribution is -0.123. The third kappa shape index (κ3) is 7.37. The van der Waals surface area contributed by atoms with Gasteiger partial charge in [-0.25, -0.2) is 0 Å². The molecule has 4 N–H and O–H groups in total. The number of hydrogen-bond donors (Lipinski definition) is 4. The second-order valence-electron chi connectivity index (χ2n) is 7.01. The summed E-state index contributed by atoms with van der Waals surface area (Å²) in [6.07, 6.45) is 0.317. The van der Waals surface area contributed by atoms with Crippen LogP contribution in [0.15, 0.2) is 84.9 Å². The zero-order chi connectivity index (χ0) is 22.8. The van der Waals surface area contributed by atoms with E-state index in [0.717, 1.165) is 11.1 Å². The van der Waals surface area contributed by atoms with Crippen molar-refractivity contribution in [2.24, 2.45) is 0 Å². The van der Waals surface area contributed by atoms with Crippen LogP contribution in [0.25, 0.3) is 0 Å². The van der Waals surface area contributed by atoms with Crippen LogP contribution in [0.4, 0.5) is 0 Å². The van der Waals surface area contributed by atoms with Crippen LogP contribution in [0.2, 0.25) is 5.02 Å². The van der Waals surface area contributed by atoms with Gasteiger partial charge in [-0.05, 0) is 47.6 Å². The van der Waals surface area contributed by atoms with Crippen molar-refractivity contribution < 1.29 is 9.59 Å². The number of amides is 2. The summed E-state index contributed by atoms with van der Waals surface area (Å²) in [7, 11) is 0. The Bertz CT molecular complexity index is 1050. The SMILES string of the molecule is O=C(NC(Cc1ccccc1)C(=O)NNC(=S)NCc1ccccc1)c1ccc(Cl)cc1. The van der Waals surface area contributed by atoms with Crippen LogP contribution in [-0.4, -0.2) is 23.0 Å². The molecule has 3 aromatic carbocycles. The molecule has 32 heavy (non-hydrogen) atoms. The second-order valence-corrected chi connectivity index (χ2v) is 7.85. The van der Waals surface area contributed by atoms with Crippen molar-refractivity contribution in [2.45, 2.75) is 19.0 Å². The van der Waals surface area contributed by atoms with Crippen molar-refractivity contribution in [2.75, 3.05) is 0 Å². The molecule has 1 atom stereocenters. The highest BCUT2D eigenvalue weighted by Crippen LogP contribution is 2.10. The van der Waals surface area contributed by atoms with Crippen molar-refractivity contribution in [1.29, 1.82) is 0 Å². The fraction of sp³-hybridized carbons (Fsp3) is 0.125. The fourth-order valence-corrected chi connectivity index (χ4v) is 3.18. The topological polar surface area (TPSA) is 82.3 Å². The number of nitrogens with one attached hydrogen (secondary N) is 4. The summed E-state index contributed by atoms with van der Waals surface area (Å²) in [5.41, 5.74) is 7.65. The Labute approximate surface area is 197 Å². The molecule has 0 saturated carbocycles. The molecule has 0 radical (unpaired) electrons. The summed E-state index contributed by atoms with van der Waals surface area (Å²) in [6.45, 7) is 0.517. The molecule has 1 unspecified atom stereocenters. The van der Waals surface area contributed by atoms with Crippen molar-refractivity contribution >= 4 is 40.7 Å². The van der Waals surface area contributed by atoms with E-state index in [9.17, 15) is 9.59 Å². The first kappa shape index (κ1) is 23.2. The highest BCUT2D eigenvalue weighted by Gasteiger charge is 2.22. The summed E-state index contributed by atoms with van der Waals surface area (Å²) in [4.78, 5) is 25.5. The number of rotatable bonds is 7. The van der Waals surface area contributed by atoms with Crippen molar-refractivity contribution in [3.8, 4) is 0 Å². The first-order chi connectivity index (χ1) is 15.5. The number of benzene rings is 3. The molecular formula is C24H23ClN4O2S. The molecule has 3 rings (SSSR count). The molecular weight excluding hydrogens is 444 g/mol. The Morgan fingerprint density at radius 1 is 0.812 bits per heavy atom. The normalized spacial score (nSPS) is 11.2. The summed E-state index contributed by atoms with van der Waals surface area (Å²) >= 11 is 11.1. The lowest BCUT2D eigenvalue weighted by atomic mass is 10.0. The van der Waals surface area contributed by atoms with E-state index in [-0.39, 0.29) is 11.0 Å². The van der Waals surface area contributed by atoms with Crippen molar-refractivity contribution in [3.05, 3.63) is 107 Å². The van der Waals surface area contributed by atoms with Gasteiger partial charge in [0.25, 0.3) is 11.8 Å². The Morgan fingerprint density at radius 2 is 1.41 bits per heavy atom. The van der Waals surface area contributed by atoms with E-state index in [4.69, 9.17) is 23.8 Å². The molecule has 0 aromatic heterocycles. The molecule has 164 valence electrons. The van der Waals surface area contributed by atoms with E-state index in [0.29, 0.717) is 23.6 Å². The Morgan fingerprint density at radius 3 is 2.03 bits per heavy atom. The van der Waals surface area contributed by atoms with E-state index in [1.165, 1.54) is 0 Å². The minimum absolute atomic E-state index is 0.268. The average molecular weight is 467 g/mol. The number of hydrogen-bond acceptors (Lipinski definition) is 3. The zero-order valence-electron chi connectivity index (χ0n) is 17.2. The van der Waals surface area contributed by atoms with Gasteiger partial charge in [0, 0.05) is 23.6 Å². The Balaban J connectivity index is 1.60. The van der Waals surface area contributed by atoms with Crippen LogP contribution < -0.4 is 21.5 Å². The molecule has 0 bridgehead atoms. The third-order valence-electron chi connectivity index (χ3n) is 4.61. The van der Waals surface area contributed by atoms with E-state index in [1.807, 2.05) is 60.7 Å². The Kier molecular flexibility index (Phi) is 8.60. The predicted octanol–water partition coefficient (Wildman–Crippen LogP) is 3.38. The average Bonchev–Trinajstić information content (AvgIpc) is 2.82. The van der Waals surface area contributed by atoms with Crippen molar-refractivity contribution in [1.82, 2.24) is 21.5 Å². The van der Waals surface area contributed by atoms with Gasteiger partial charge in [-0.1, -0.05) is 72.3 Å². The molecule has 2 amide bonds. The fourth-order valence-electron chi connectivity index (χ4n) is 2.93.